The van der Waals surface area contributed by atoms with E-state index in [2.05, 4.69) is 15.5 Å². The van der Waals surface area contributed by atoms with Gasteiger partial charge in [0.2, 0.25) is 0 Å². The Balaban J connectivity index is 2.64. The number of tetrazole rings is 1. The minimum atomic E-state index is -2.97. The van der Waals surface area contributed by atoms with Gasteiger partial charge in [-0.2, -0.15) is 0 Å². The molecule has 0 spiro atoms. The van der Waals surface area contributed by atoms with E-state index in [9.17, 15) is 8.42 Å². The van der Waals surface area contributed by atoms with Gasteiger partial charge in [-0.05, 0) is 24.5 Å². The van der Waals surface area contributed by atoms with Crippen LogP contribution >= 0.6 is 0 Å². The van der Waals surface area contributed by atoms with E-state index >= 15 is 0 Å². The molecule has 0 amide bonds. The predicted molar refractivity (Wildman–Crippen MR) is 59.5 cm³/mol. The summed E-state index contributed by atoms with van der Waals surface area (Å²) in [5.74, 6) is 0.906. The Hall–Kier alpha value is -1.02. The molecule has 0 N–H and O–H groups in total. The van der Waals surface area contributed by atoms with E-state index in [0.717, 1.165) is 0 Å². The van der Waals surface area contributed by atoms with E-state index in [0.29, 0.717) is 18.9 Å². The summed E-state index contributed by atoms with van der Waals surface area (Å²) in [6.07, 6.45) is 0. The van der Waals surface area contributed by atoms with Gasteiger partial charge >= 0.3 is 0 Å². The van der Waals surface area contributed by atoms with Gasteiger partial charge in [0.15, 0.2) is 15.7 Å². The van der Waals surface area contributed by atoms with Gasteiger partial charge in [0.05, 0.1) is 18.8 Å². The lowest BCUT2D eigenvalue weighted by Crippen LogP contribution is -2.20. The second-order valence-electron chi connectivity index (χ2n) is 3.79. The maximum Gasteiger partial charge on any atom is 0.165 e. The molecule has 0 saturated heterocycles. The highest BCUT2D eigenvalue weighted by Gasteiger charge is 2.11. The highest BCUT2D eigenvalue weighted by molar-refractivity contribution is 7.91. The van der Waals surface area contributed by atoms with E-state index in [1.165, 1.54) is 4.68 Å². The van der Waals surface area contributed by atoms with E-state index < -0.39 is 9.84 Å². The zero-order chi connectivity index (χ0) is 12.2. The van der Waals surface area contributed by atoms with Crippen molar-refractivity contribution in [2.45, 2.75) is 20.0 Å². The lowest BCUT2D eigenvalue weighted by atomic mass is 10.5. The molecule has 1 rings (SSSR count). The van der Waals surface area contributed by atoms with Gasteiger partial charge in [-0.15, -0.1) is 5.10 Å². The number of nitrogens with zero attached hydrogens (tertiary/aromatic N) is 5. The first-order valence-electron chi connectivity index (χ1n) is 5.05. The molecule has 0 bridgehead atoms. The van der Waals surface area contributed by atoms with Crippen molar-refractivity contribution in [3.05, 3.63) is 5.82 Å². The number of rotatable bonds is 6. The van der Waals surface area contributed by atoms with Crippen molar-refractivity contribution in [3.63, 3.8) is 0 Å². The predicted octanol–water partition coefficient (Wildman–Crippen LogP) is -0.831. The average Bonchev–Trinajstić information content (AvgIpc) is 2.62. The van der Waals surface area contributed by atoms with Gasteiger partial charge in [0.25, 0.3) is 0 Å². The van der Waals surface area contributed by atoms with Crippen molar-refractivity contribution < 1.29 is 8.42 Å². The molecule has 8 heteroatoms. The zero-order valence-corrected chi connectivity index (χ0v) is 10.6. The molecule has 0 radical (unpaired) electrons. The monoisotopic (exact) mass is 247 g/mol. The van der Waals surface area contributed by atoms with Crippen LogP contribution in [0.5, 0.6) is 0 Å². The fourth-order valence-electron chi connectivity index (χ4n) is 1.16. The molecule has 0 aromatic carbocycles. The molecular formula is C8H17N5O2S. The summed E-state index contributed by atoms with van der Waals surface area (Å²) in [7, 11) is 0.838. The number of hydrogen-bond acceptors (Lipinski definition) is 6. The van der Waals surface area contributed by atoms with E-state index in [1.54, 1.807) is 6.92 Å². The van der Waals surface area contributed by atoms with E-state index in [1.807, 2.05) is 19.0 Å². The molecule has 0 unspecified atom stereocenters. The summed E-state index contributed by atoms with van der Waals surface area (Å²) in [6, 6.07) is 0. The van der Waals surface area contributed by atoms with Crippen LogP contribution in [0.2, 0.25) is 0 Å². The first kappa shape index (κ1) is 13.0. The van der Waals surface area contributed by atoms with Gasteiger partial charge in [-0.3, -0.25) is 0 Å². The van der Waals surface area contributed by atoms with Crippen molar-refractivity contribution in [2.24, 2.45) is 0 Å². The first-order chi connectivity index (χ1) is 7.44. The molecule has 0 atom stereocenters. The van der Waals surface area contributed by atoms with E-state index in [4.69, 9.17) is 0 Å². The van der Waals surface area contributed by atoms with Crippen LogP contribution in [0.15, 0.2) is 0 Å². The van der Waals surface area contributed by atoms with Crippen molar-refractivity contribution >= 4 is 9.84 Å². The lowest BCUT2D eigenvalue weighted by molar-refractivity contribution is 0.377. The topological polar surface area (TPSA) is 81.0 Å². The minimum absolute atomic E-state index is 0.0783. The molecule has 1 heterocycles. The Morgan fingerprint density at radius 3 is 2.62 bits per heavy atom. The Kier molecular flexibility index (Phi) is 4.36. The SMILES string of the molecule is CCS(=O)(=O)CCn1nnnc1CN(C)C. The summed E-state index contributed by atoms with van der Waals surface area (Å²) in [6.45, 7) is 2.54. The summed E-state index contributed by atoms with van der Waals surface area (Å²) in [5.41, 5.74) is 0. The Labute approximate surface area is 95.4 Å². The van der Waals surface area contributed by atoms with Crippen molar-refractivity contribution in [2.75, 3.05) is 25.6 Å². The van der Waals surface area contributed by atoms with Crippen molar-refractivity contribution in [3.8, 4) is 0 Å². The van der Waals surface area contributed by atoms with Crippen LogP contribution in [-0.2, 0) is 22.9 Å². The number of hydrogen-bond donors (Lipinski definition) is 0. The van der Waals surface area contributed by atoms with Crippen LogP contribution in [-0.4, -0.2) is 59.1 Å². The molecule has 0 aliphatic rings. The normalized spacial score (nSPS) is 12.2. The number of aromatic nitrogens is 4. The Morgan fingerprint density at radius 2 is 2.06 bits per heavy atom. The quantitative estimate of drug-likeness (QED) is 0.652. The fraction of sp³-hybridized carbons (Fsp3) is 0.875. The fourth-order valence-corrected chi connectivity index (χ4v) is 1.90. The van der Waals surface area contributed by atoms with Crippen LogP contribution in [0.25, 0.3) is 0 Å². The van der Waals surface area contributed by atoms with Gasteiger partial charge in [0, 0.05) is 5.75 Å². The second-order valence-corrected chi connectivity index (χ2v) is 6.27. The molecule has 0 aliphatic carbocycles. The molecular weight excluding hydrogens is 230 g/mol. The van der Waals surface area contributed by atoms with Crippen LogP contribution in [0.4, 0.5) is 0 Å². The van der Waals surface area contributed by atoms with Crippen LogP contribution < -0.4 is 0 Å². The average molecular weight is 247 g/mol. The van der Waals surface area contributed by atoms with Gasteiger partial charge in [-0.1, -0.05) is 6.92 Å². The first-order valence-corrected chi connectivity index (χ1v) is 6.87. The zero-order valence-electron chi connectivity index (χ0n) is 9.79. The van der Waals surface area contributed by atoms with Crippen molar-refractivity contribution in [1.82, 2.24) is 25.1 Å². The van der Waals surface area contributed by atoms with Gasteiger partial charge in [-0.25, -0.2) is 13.1 Å². The molecule has 0 fully saturated rings. The van der Waals surface area contributed by atoms with Gasteiger partial charge < -0.3 is 4.90 Å². The third-order valence-corrected chi connectivity index (χ3v) is 3.80. The van der Waals surface area contributed by atoms with Crippen LogP contribution in [0, 0.1) is 0 Å². The van der Waals surface area contributed by atoms with Crippen LogP contribution in [0.3, 0.4) is 0 Å². The largest absolute Gasteiger partial charge is 0.302 e. The van der Waals surface area contributed by atoms with E-state index in [-0.39, 0.29) is 11.5 Å². The maximum atomic E-state index is 11.3. The number of aryl methyl sites for hydroxylation is 1. The Morgan fingerprint density at radius 1 is 1.38 bits per heavy atom. The molecule has 7 nitrogen and oxygen atoms in total. The highest BCUT2D eigenvalue weighted by Crippen LogP contribution is 1.98. The maximum absolute atomic E-state index is 11.3. The summed E-state index contributed by atoms with van der Waals surface area (Å²) in [5, 5.41) is 11.2. The Bertz CT molecular complexity index is 425. The summed E-state index contributed by atoms with van der Waals surface area (Å²) < 4.78 is 24.2. The molecule has 16 heavy (non-hydrogen) atoms. The standard InChI is InChI=1S/C8H17N5O2S/c1-4-16(14,15)6-5-13-8(7-12(2)3)9-10-11-13/h4-7H2,1-3H3. The smallest absolute Gasteiger partial charge is 0.165 e. The second kappa shape index (κ2) is 5.35. The molecule has 0 saturated carbocycles. The molecule has 1 aromatic heterocycles. The van der Waals surface area contributed by atoms with Gasteiger partial charge in [0.1, 0.15) is 0 Å². The molecule has 0 aliphatic heterocycles. The minimum Gasteiger partial charge on any atom is -0.302 e. The van der Waals surface area contributed by atoms with Crippen molar-refractivity contribution in [1.29, 1.82) is 0 Å². The third kappa shape index (κ3) is 3.86. The molecule has 92 valence electrons. The number of sulfone groups is 1. The third-order valence-electron chi connectivity index (χ3n) is 2.12. The highest BCUT2D eigenvalue weighted by atomic mass is 32.2. The summed E-state index contributed by atoms with van der Waals surface area (Å²) in [4.78, 5) is 1.93. The lowest BCUT2D eigenvalue weighted by Gasteiger charge is -2.09. The summed E-state index contributed by atoms with van der Waals surface area (Å²) >= 11 is 0. The molecule has 1 aromatic rings. The van der Waals surface area contributed by atoms with Crippen LogP contribution in [0.1, 0.15) is 12.7 Å².